The molecule has 1 heterocycles. The third kappa shape index (κ3) is 4.01. The number of hydrogen-bond acceptors (Lipinski definition) is 1. The summed E-state index contributed by atoms with van der Waals surface area (Å²) >= 11 is 0. The van der Waals surface area contributed by atoms with Gasteiger partial charge >= 0.3 is 0 Å². The van der Waals surface area contributed by atoms with Crippen molar-refractivity contribution in [3.8, 4) is 5.75 Å². The van der Waals surface area contributed by atoms with Gasteiger partial charge in [-0.25, -0.2) is 0 Å². The Morgan fingerprint density at radius 2 is 1.55 bits per heavy atom. The molecular formula is C19H34O. The van der Waals surface area contributed by atoms with Crippen LogP contribution < -0.4 is 4.74 Å². The van der Waals surface area contributed by atoms with E-state index in [0.29, 0.717) is 0 Å². The maximum absolute atomic E-state index is 5.67. The van der Waals surface area contributed by atoms with E-state index in [-0.39, 0.29) is 0 Å². The molecule has 1 heteroatoms. The van der Waals surface area contributed by atoms with Crippen LogP contribution >= 0.6 is 0 Å². The second-order valence-corrected chi connectivity index (χ2v) is 4.28. The number of aryl methyl sites for hydroxylation is 1. The van der Waals surface area contributed by atoms with Crippen LogP contribution in [0.2, 0.25) is 0 Å². The van der Waals surface area contributed by atoms with Crippen LogP contribution in [0.1, 0.15) is 77.1 Å². The molecule has 3 rings (SSSR count). The summed E-state index contributed by atoms with van der Waals surface area (Å²) in [6.45, 7) is 15.2. The predicted molar refractivity (Wildman–Crippen MR) is 91.1 cm³/mol. The standard InChI is InChI=1S/C13H16O.3C2H6/c1-2-10-11-5-3-4-9(11)8-13-12(10)6-7-14-13;3*1-2/h8H,2-7H2,1H3;3*1-2H3. The van der Waals surface area contributed by atoms with Gasteiger partial charge in [0.05, 0.1) is 6.61 Å². The minimum Gasteiger partial charge on any atom is -0.493 e. The Morgan fingerprint density at radius 3 is 2.15 bits per heavy atom. The molecule has 1 aromatic rings. The van der Waals surface area contributed by atoms with Crippen LogP contribution in [0.5, 0.6) is 5.75 Å². The van der Waals surface area contributed by atoms with Gasteiger partial charge in [0.15, 0.2) is 0 Å². The van der Waals surface area contributed by atoms with Gasteiger partial charge in [0.2, 0.25) is 0 Å². The Hall–Kier alpha value is -0.980. The minimum absolute atomic E-state index is 0.894. The van der Waals surface area contributed by atoms with Crippen LogP contribution in [-0.2, 0) is 25.7 Å². The van der Waals surface area contributed by atoms with Crippen molar-refractivity contribution in [3.05, 3.63) is 28.3 Å². The van der Waals surface area contributed by atoms with E-state index >= 15 is 0 Å². The molecule has 2 aliphatic rings. The van der Waals surface area contributed by atoms with Crippen molar-refractivity contribution < 1.29 is 4.74 Å². The molecule has 0 aromatic heterocycles. The molecule has 0 fully saturated rings. The Bertz CT molecular complexity index is 348. The van der Waals surface area contributed by atoms with Gasteiger partial charge in [-0.15, -0.1) is 0 Å². The first-order valence-corrected chi connectivity index (χ1v) is 8.69. The summed E-state index contributed by atoms with van der Waals surface area (Å²) in [6, 6.07) is 2.30. The van der Waals surface area contributed by atoms with E-state index in [1.807, 2.05) is 41.5 Å². The third-order valence-electron chi connectivity index (χ3n) is 3.55. The molecule has 0 saturated carbocycles. The minimum atomic E-state index is 0.894. The predicted octanol–water partition coefficient (Wildman–Crippen LogP) is 5.75. The lowest BCUT2D eigenvalue weighted by Gasteiger charge is -2.11. The van der Waals surface area contributed by atoms with Crippen LogP contribution in [0.15, 0.2) is 6.07 Å². The van der Waals surface area contributed by atoms with Crippen molar-refractivity contribution in [2.24, 2.45) is 0 Å². The van der Waals surface area contributed by atoms with E-state index in [2.05, 4.69) is 13.0 Å². The molecule has 0 bridgehead atoms. The zero-order valence-corrected chi connectivity index (χ0v) is 14.7. The molecule has 0 saturated heterocycles. The van der Waals surface area contributed by atoms with Gasteiger partial charge < -0.3 is 4.74 Å². The largest absolute Gasteiger partial charge is 0.493 e. The summed E-state index contributed by atoms with van der Waals surface area (Å²) in [5.74, 6) is 1.18. The van der Waals surface area contributed by atoms with Crippen molar-refractivity contribution in [2.45, 2.75) is 80.6 Å². The molecule has 0 radical (unpaired) electrons. The summed E-state index contributed by atoms with van der Waals surface area (Å²) in [5, 5.41) is 0. The van der Waals surface area contributed by atoms with Crippen LogP contribution in [0.4, 0.5) is 0 Å². The third-order valence-corrected chi connectivity index (χ3v) is 3.55. The van der Waals surface area contributed by atoms with Crippen LogP contribution in [0.3, 0.4) is 0 Å². The quantitative estimate of drug-likeness (QED) is 0.635. The molecule has 1 aromatic carbocycles. The molecular weight excluding hydrogens is 244 g/mol. The number of rotatable bonds is 1. The summed E-state index contributed by atoms with van der Waals surface area (Å²) in [7, 11) is 0. The second kappa shape index (κ2) is 10.8. The normalized spacial score (nSPS) is 13.3. The zero-order valence-electron chi connectivity index (χ0n) is 14.7. The Kier molecular flexibility index (Phi) is 10.2. The molecule has 1 aliphatic carbocycles. The first-order valence-electron chi connectivity index (χ1n) is 8.69. The first kappa shape index (κ1) is 19.0. The van der Waals surface area contributed by atoms with Gasteiger partial charge in [-0.05, 0) is 48.4 Å². The van der Waals surface area contributed by atoms with Crippen molar-refractivity contribution in [1.29, 1.82) is 0 Å². The molecule has 0 atom stereocenters. The molecule has 1 nitrogen and oxygen atoms in total. The summed E-state index contributed by atoms with van der Waals surface area (Å²) in [6.07, 6.45) is 6.20. The number of hydrogen-bond donors (Lipinski definition) is 0. The summed E-state index contributed by atoms with van der Waals surface area (Å²) < 4.78 is 5.67. The summed E-state index contributed by atoms with van der Waals surface area (Å²) in [5.41, 5.74) is 6.32. The molecule has 1 aliphatic heterocycles. The van der Waals surface area contributed by atoms with Gasteiger partial charge in [-0.1, -0.05) is 48.5 Å². The molecule has 0 N–H and O–H groups in total. The monoisotopic (exact) mass is 278 g/mol. The van der Waals surface area contributed by atoms with E-state index in [1.54, 1.807) is 16.7 Å². The Morgan fingerprint density at radius 1 is 0.900 bits per heavy atom. The Balaban J connectivity index is 0.000000538. The highest BCUT2D eigenvalue weighted by Crippen LogP contribution is 2.37. The van der Waals surface area contributed by atoms with Gasteiger partial charge in [0.1, 0.15) is 5.75 Å². The van der Waals surface area contributed by atoms with Gasteiger partial charge in [0.25, 0.3) is 0 Å². The fraction of sp³-hybridized carbons (Fsp3) is 0.684. The molecule has 0 amide bonds. The highest BCUT2D eigenvalue weighted by molar-refractivity contribution is 5.53. The zero-order chi connectivity index (χ0) is 15.5. The number of benzene rings is 1. The van der Waals surface area contributed by atoms with E-state index in [0.717, 1.165) is 13.0 Å². The molecule has 0 spiro atoms. The van der Waals surface area contributed by atoms with Gasteiger partial charge in [-0.3, -0.25) is 0 Å². The van der Waals surface area contributed by atoms with Crippen molar-refractivity contribution >= 4 is 0 Å². The van der Waals surface area contributed by atoms with Crippen LogP contribution in [-0.4, -0.2) is 6.61 Å². The van der Waals surface area contributed by atoms with Crippen LogP contribution in [0, 0.1) is 0 Å². The maximum atomic E-state index is 5.67. The topological polar surface area (TPSA) is 9.23 Å². The van der Waals surface area contributed by atoms with Crippen LogP contribution in [0.25, 0.3) is 0 Å². The lowest BCUT2D eigenvalue weighted by atomic mass is 9.94. The molecule has 116 valence electrons. The van der Waals surface area contributed by atoms with E-state index < -0.39 is 0 Å². The average Bonchev–Trinajstić information content (AvgIpc) is 3.19. The smallest absolute Gasteiger partial charge is 0.123 e. The maximum Gasteiger partial charge on any atom is 0.123 e. The fourth-order valence-electron chi connectivity index (χ4n) is 2.94. The number of fused-ring (bicyclic) bond motifs is 2. The molecule has 0 unspecified atom stereocenters. The van der Waals surface area contributed by atoms with Crippen molar-refractivity contribution in [2.75, 3.05) is 6.61 Å². The van der Waals surface area contributed by atoms with Gasteiger partial charge in [-0.2, -0.15) is 0 Å². The SMILES string of the molecule is CC.CC.CC.CCc1c2c(cc3c1CCO3)CCC2. The van der Waals surface area contributed by atoms with Crippen molar-refractivity contribution in [3.63, 3.8) is 0 Å². The first-order chi connectivity index (χ1) is 9.90. The highest BCUT2D eigenvalue weighted by atomic mass is 16.5. The van der Waals surface area contributed by atoms with Crippen molar-refractivity contribution in [1.82, 2.24) is 0 Å². The lowest BCUT2D eigenvalue weighted by Crippen LogP contribution is -1.96. The summed E-state index contributed by atoms with van der Waals surface area (Å²) in [4.78, 5) is 0. The highest BCUT2D eigenvalue weighted by Gasteiger charge is 2.23. The molecule has 20 heavy (non-hydrogen) atoms. The van der Waals surface area contributed by atoms with Gasteiger partial charge in [0, 0.05) is 12.0 Å². The second-order valence-electron chi connectivity index (χ2n) is 4.28. The van der Waals surface area contributed by atoms with E-state index in [4.69, 9.17) is 4.74 Å². The average molecular weight is 278 g/mol. The fourth-order valence-corrected chi connectivity index (χ4v) is 2.94. The number of ether oxygens (including phenoxy) is 1. The lowest BCUT2D eigenvalue weighted by molar-refractivity contribution is 0.356. The van der Waals surface area contributed by atoms with E-state index in [9.17, 15) is 0 Å². The van der Waals surface area contributed by atoms with E-state index in [1.165, 1.54) is 37.0 Å². The Labute approximate surface area is 126 Å².